The fraction of sp³-hybridized carbons (Fsp3) is 0.308. The topological polar surface area (TPSA) is 29.5 Å². The summed E-state index contributed by atoms with van der Waals surface area (Å²) in [6.07, 6.45) is 2.69. The Hall–Kier alpha value is -1.61. The third-order valence-corrected chi connectivity index (χ3v) is 2.31. The molecule has 0 amide bonds. The van der Waals surface area contributed by atoms with Gasteiger partial charge in [-0.05, 0) is 24.3 Å². The van der Waals surface area contributed by atoms with Crippen LogP contribution in [0.25, 0.3) is 0 Å². The lowest BCUT2D eigenvalue weighted by Crippen LogP contribution is -2.27. The number of anilines is 1. The number of ether oxygens (including phenoxy) is 1. The van der Waals surface area contributed by atoms with Gasteiger partial charge in [0.1, 0.15) is 6.29 Å². The standard InChI is InChI=1S/C13H17NO2/c1-3-8-14(9-10-16-2)13-6-4-12(11-15)5-7-13/h3-7,11H,1,8-10H2,2H3. The molecule has 0 radical (unpaired) electrons. The Bertz CT molecular complexity index is 332. The zero-order chi connectivity index (χ0) is 11.8. The van der Waals surface area contributed by atoms with Crippen molar-refractivity contribution in [2.24, 2.45) is 0 Å². The lowest BCUT2D eigenvalue weighted by molar-refractivity contribution is 0.112. The fourth-order valence-corrected chi connectivity index (χ4v) is 1.45. The average Bonchev–Trinajstić information content (AvgIpc) is 2.35. The Kier molecular flexibility index (Phi) is 5.29. The molecule has 16 heavy (non-hydrogen) atoms. The molecular formula is C13H17NO2. The predicted octanol–water partition coefficient (Wildman–Crippen LogP) is 2.14. The summed E-state index contributed by atoms with van der Waals surface area (Å²) < 4.78 is 5.05. The number of rotatable bonds is 7. The van der Waals surface area contributed by atoms with Gasteiger partial charge in [0.25, 0.3) is 0 Å². The first kappa shape index (κ1) is 12.5. The fourth-order valence-electron chi connectivity index (χ4n) is 1.45. The lowest BCUT2D eigenvalue weighted by atomic mass is 10.2. The molecule has 0 unspecified atom stereocenters. The van der Waals surface area contributed by atoms with Crippen molar-refractivity contribution in [1.82, 2.24) is 0 Å². The van der Waals surface area contributed by atoms with Gasteiger partial charge in [0.05, 0.1) is 6.61 Å². The van der Waals surface area contributed by atoms with Crippen LogP contribution in [0.4, 0.5) is 5.69 Å². The number of hydrogen-bond acceptors (Lipinski definition) is 3. The third kappa shape index (κ3) is 3.51. The van der Waals surface area contributed by atoms with Gasteiger partial charge in [-0.25, -0.2) is 0 Å². The molecule has 0 fully saturated rings. The Morgan fingerprint density at radius 1 is 1.38 bits per heavy atom. The molecule has 86 valence electrons. The molecule has 3 heteroatoms. The van der Waals surface area contributed by atoms with Crippen molar-refractivity contribution in [2.45, 2.75) is 0 Å². The van der Waals surface area contributed by atoms with Crippen LogP contribution in [0.15, 0.2) is 36.9 Å². The van der Waals surface area contributed by atoms with E-state index in [9.17, 15) is 4.79 Å². The van der Waals surface area contributed by atoms with E-state index >= 15 is 0 Å². The van der Waals surface area contributed by atoms with Crippen molar-refractivity contribution in [3.8, 4) is 0 Å². The van der Waals surface area contributed by atoms with E-state index in [-0.39, 0.29) is 0 Å². The van der Waals surface area contributed by atoms with Crippen LogP contribution in [0, 0.1) is 0 Å². The lowest BCUT2D eigenvalue weighted by Gasteiger charge is -2.22. The van der Waals surface area contributed by atoms with Crippen LogP contribution < -0.4 is 4.90 Å². The van der Waals surface area contributed by atoms with Crippen molar-refractivity contribution in [1.29, 1.82) is 0 Å². The highest BCUT2D eigenvalue weighted by atomic mass is 16.5. The molecule has 1 rings (SSSR count). The molecule has 0 aliphatic rings. The van der Waals surface area contributed by atoms with Crippen LogP contribution in [0.5, 0.6) is 0 Å². The largest absolute Gasteiger partial charge is 0.383 e. The Morgan fingerprint density at radius 3 is 2.56 bits per heavy atom. The van der Waals surface area contributed by atoms with Gasteiger partial charge in [-0.3, -0.25) is 4.79 Å². The van der Waals surface area contributed by atoms with Crippen LogP contribution in [0.2, 0.25) is 0 Å². The average molecular weight is 219 g/mol. The maximum Gasteiger partial charge on any atom is 0.150 e. The van der Waals surface area contributed by atoms with Gasteiger partial charge in [-0.15, -0.1) is 6.58 Å². The number of hydrogen-bond donors (Lipinski definition) is 0. The highest BCUT2D eigenvalue weighted by Gasteiger charge is 2.03. The Labute approximate surface area is 96.3 Å². The van der Waals surface area contributed by atoms with Crippen molar-refractivity contribution >= 4 is 12.0 Å². The highest BCUT2D eigenvalue weighted by Crippen LogP contribution is 2.14. The van der Waals surface area contributed by atoms with Crippen LogP contribution in [0.1, 0.15) is 10.4 Å². The van der Waals surface area contributed by atoms with Gasteiger partial charge in [-0.1, -0.05) is 6.08 Å². The van der Waals surface area contributed by atoms with Gasteiger partial charge >= 0.3 is 0 Å². The molecule has 0 heterocycles. The summed E-state index contributed by atoms with van der Waals surface area (Å²) in [6.45, 7) is 5.98. The van der Waals surface area contributed by atoms with E-state index in [2.05, 4.69) is 11.5 Å². The molecule has 1 aromatic carbocycles. The number of carbonyl (C=O) groups is 1. The maximum absolute atomic E-state index is 10.5. The van der Waals surface area contributed by atoms with Gasteiger partial charge < -0.3 is 9.64 Å². The van der Waals surface area contributed by atoms with Gasteiger partial charge in [0, 0.05) is 31.5 Å². The third-order valence-electron chi connectivity index (χ3n) is 2.31. The second-order valence-electron chi connectivity index (χ2n) is 3.44. The normalized spacial score (nSPS) is 9.81. The van der Waals surface area contributed by atoms with Gasteiger partial charge in [-0.2, -0.15) is 0 Å². The first-order chi connectivity index (χ1) is 7.81. The second kappa shape index (κ2) is 6.80. The summed E-state index contributed by atoms with van der Waals surface area (Å²) in [5.41, 5.74) is 1.76. The SMILES string of the molecule is C=CCN(CCOC)c1ccc(C=O)cc1. The van der Waals surface area contributed by atoms with Crippen molar-refractivity contribution < 1.29 is 9.53 Å². The van der Waals surface area contributed by atoms with E-state index in [1.54, 1.807) is 7.11 Å². The first-order valence-electron chi connectivity index (χ1n) is 5.22. The highest BCUT2D eigenvalue weighted by molar-refractivity contribution is 5.75. The molecule has 0 aliphatic carbocycles. The summed E-state index contributed by atoms with van der Waals surface area (Å²) in [7, 11) is 1.68. The van der Waals surface area contributed by atoms with E-state index in [0.29, 0.717) is 12.2 Å². The van der Waals surface area contributed by atoms with Gasteiger partial charge in [0.15, 0.2) is 0 Å². The molecule has 0 bridgehead atoms. The number of carbonyl (C=O) groups excluding carboxylic acids is 1. The van der Waals surface area contributed by atoms with Crippen LogP contribution >= 0.6 is 0 Å². The zero-order valence-electron chi connectivity index (χ0n) is 9.56. The van der Waals surface area contributed by atoms with E-state index in [0.717, 1.165) is 25.1 Å². The summed E-state index contributed by atoms with van der Waals surface area (Å²) in [5, 5.41) is 0. The van der Waals surface area contributed by atoms with Gasteiger partial charge in [0.2, 0.25) is 0 Å². The van der Waals surface area contributed by atoms with Crippen molar-refractivity contribution in [2.75, 3.05) is 31.7 Å². The van der Waals surface area contributed by atoms with Crippen molar-refractivity contribution in [3.63, 3.8) is 0 Å². The molecule has 0 aliphatic heterocycles. The number of aldehydes is 1. The second-order valence-corrected chi connectivity index (χ2v) is 3.44. The van der Waals surface area contributed by atoms with E-state index < -0.39 is 0 Å². The summed E-state index contributed by atoms with van der Waals surface area (Å²) in [4.78, 5) is 12.7. The minimum absolute atomic E-state index is 0.670. The number of methoxy groups -OCH3 is 1. The summed E-state index contributed by atoms with van der Waals surface area (Å²) >= 11 is 0. The quantitative estimate of drug-likeness (QED) is 0.520. The molecule has 0 aromatic heterocycles. The first-order valence-corrected chi connectivity index (χ1v) is 5.22. The molecule has 0 saturated heterocycles. The summed E-state index contributed by atoms with van der Waals surface area (Å²) in [5.74, 6) is 0. The molecule has 1 aromatic rings. The molecule has 0 spiro atoms. The molecule has 0 N–H and O–H groups in total. The van der Waals surface area contributed by atoms with E-state index in [4.69, 9.17) is 4.74 Å². The molecule has 0 saturated carbocycles. The molecule has 3 nitrogen and oxygen atoms in total. The van der Waals surface area contributed by atoms with Crippen LogP contribution in [-0.4, -0.2) is 33.1 Å². The molecule has 0 atom stereocenters. The number of nitrogens with zero attached hydrogens (tertiary/aromatic N) is 1. The minimum Gasteiger partial charge on any atom is -0.383 e. The monoisotopic (exact) mass is 219 g/mol. The van der Waals surface area contributed by atoms with Crippen LogP contribution in [0.3, 0.4) is 0 Å². The van der Waals surface area contributed by atoms with E-state index in [1.165, 1.54) is 0 Å². The summed E-state index contributed by atoms with van der Waals surface area (Å²) in [6, 6.07) is 7.49. The van der Waals surface area contributed by atoms with Crippen LogP contribution in [-0.2, 0) is 4.74 Å². The Morgan fingerprint density at radius 2 is 2.06 bits per heavy atom. The van der Waals surface area contributed by atoms with E-state index in [1.807, 2.05) is 30.3 Å². The number of benzene rings is 1. The van der Waals surface area contributed by atoms with Crippen molar-refractivity contribution in [3.05, 3.63) is 42.5 Å². The zero-order valence-corrected chi connectivity index (χ0v) is 9.56. The maximum atomic E-state index is 10.5. The Balaban J connectivity index is 2.74. The minimum atomic E-state index is 0.670. The molecular weight excluding hydrogens is 202 g/mol. The predicted molar refractivity (Wildman–Crippen MR) is 66.1 cm³/mol. The smallest absolute Gasteiger partial charge is 0.150 e.